The molecule has 1 amide bonds. The second-order valence-corrected chi connectivity index (χ2v) is 5.53. The molecule has 8 heteroatoms. The van der Waals surface area contributed by atoms with Gasteiger partial charge in [0.1, 0.15) is 5.60 Å². The molecular weight excluding hydrogens is 273 g/mol. The van der Waals surface area contributed by atoms with Crippen molar-refractivity contribution in [3.63, 3.8) is 0 Å². The van der Waals surface area contributed by atoms with E-state index < -0.39 is 42.7 Å². The van der Waals surface area contributed by atoms with Crippen LogP contribution in [0.25, 0.3) is 0 Å². The van der Waals surface area contributed by atoms with Crippen LogP contribution in [-0.2, 0) is 4.74 Å². The Bertz CT molecular complexity index is 348. The molecule has 1 fully saturated rings. The number of carbonyl (C=O) groups is 1. The summed E-state index contributed by atoms with van der Waals surface area (Å²) in [5.41, 5.74) is -0.818. The molecule has 112 valence electrons. The molecular formula is C11H16F5NO2. The van der Waals surface area contributed by atoms with Crippen molar-refractivity contribution in [2.75, 3.05) is 13.1 Å². The van der Waals surface area contributed by atoms with Gasteiger partial charge in [-0.2, -0.15) is 22.0 Å². The van der Waals surface area contributed by atoms with Gasteiger partial charge in [-0.05, 0) is 27.2 Å². The molecule has 0 spiro atoms. The number of carbonyl (C=O) groups excluding carboxylic acids is 1. The predicted molar refractivity (Wildman–Crippen MR) is 56.9 cm³/mol. The summed E-state index contributed by atoms with van der Waals surface area (Å²) in [6, 6.07) is 0. The van der Waals surface area contributed by atoms with Crippen LogP contribution in [0, 0.1) is 5.92 Å². The van der Waals surface area contributed by atoms with E-state index in [0.29, 0.717) is 0 Å². The van der Waals surface area contributed by atoms with Crippen LogP contribution < -0.4 is 0 Å². The van der Waals surface area contributed by atoms with Gasteiger partial charge in [-0.3, -0.25) is 0 Å². The average Bonchev–Trinajstić information content (AvgIpc) is 2.61. The number of hydrogen-bond donors (Lipinski definition) is 0. The third-order valence-electron chi connectivity index (χ3n) is 2.73. The number of ether oxygens (including phenoxy) is 1. The number of rotatable bonds is 1. The highest BCUT2D eigenvalue weighted by atomic mass is 19.4. The van der Waals surface area contributed by atoms with Gasteiger partial charge in [-0.1, -0.05) is 0 Å². The third-order valence-corrected chi connectivity index (χ3v) is 2.73. The topological polar surface area (TPSA) is 29.5 Å². The lowest BCUT2D eigenvalue weighted by Crippen LogP contribution is -2.45. The van der Waals surface area contributed by atoms with Gasteiger partial charge in [0.2, 0.25) is 0 Å². The van der Waals surface area contributed by atoms with Gasteiger partial charge >= 0.3 is 18.2 Å². The molecule has 0 saturated carbocycles. The van der Waals surface area contributed by atoms with Gasteiger partial charge in [0.05, 0.1) is 5.92 Å². The van der Waals surface area contributed by atoms with Crippen molar-refractivity contribution < 1.29 is 31.5 Å². The molecule has 1 aliphatic heterocycles. The monoisotopic (exact) mass is 289 g/mol. The minimum Gasteiger partial charge on any atom is -0.444 e. The minimum atomic E-state index is -5.60. The van der Waals surface area contributed by atoms with Crippen molar-refractivity contribution >= 4 is 6.09 Å². The quantitative estimate of drug-likeness (QED) is 0.692. The first-order chi connectivity index (χ1) is 8.34. The van der Waals surface area contributed by atoms with Crippen LogP contribution in [-0.4, -0.2) is 41.8 Å². The maximum Gasteiger partial charge on any atom is 0.453 e. The molecule has 1 aliphatic rings. The second-order valence-electron chi connectivity index (χ2n) is 5.53. The zero-order chi connectivity index (χ0) is 15.1. The molecule has 1 unspecified atom stereocenters. The number of alkyl halides is 5. The molecule has 1 saturated heterocycles. The standard InChI is InChI=1S/C11H16F5NO2/c1-9(2,3)19-8(18)17-5-4-7(6-17)10(12,13)11(14,15)16/h7H,4-6H2,1-3H3. The fourth-order valence-electron chi connectivity index (χ4n) is 1.78. The van der Waals surface area contributed by atoms with E-state index >= 15 is 0 Å². The fraction of sp³-hybridized carbons (Fsp3) is 0.909. The molecule has 1 atom stereocenters. The molecule has 19 heavy (non-hydrogen) atoms. The molecule has 1 heterocycles. The van der Waals surface area contributed by atoms with Crippen LogP contribution >= 0.6 is 0 Å². The molecule has 0 radical (unpaired) electrons. The van der Waals surface area contributed by atoms with E-state index in [2.05, 4.69) is 0 Å². The first-order valence-electron chi connectivity index (χ1n) is 5.77. The molecule has 0 aliphatic carbocycles. The fourth-order valence-corrected chi connectivity index (χ4v) is 1.78. The average molecular weight is 289 g/mol. The third kappa shape index (κ3) is 3.70. The van der Waals surface area contributed by atoms with Gasteiger partial charge < -0.3 is 9.64 Å². The first-order valence-corrected chi connectivity index (χ1v) is 5.77. The normalized spacial score (nSPS) is 21.7. The number of nitrogens with zero attached hydrogens (tertiary/aromatic N) is 1. The van der Waals surface area contributed by atoms with Crippen LogP contribution in [0.15, 0.2) is 0 Å². The second kappa shape index (κ2) is 4.79. The SMILES string of the molecule is CC(C)(C)OC(=O)N1CCC(C(F)(F)C(F)(F)F)C1. The highest BCUT2D eigenvalue weighted by Crippen LogP contribution is 2.44. The van der Waals surface area contributed by atoms with E-state index in [9.17, 15) is 26.7 Å². The van der Waals surface area contributed by atoms with Crippen molar-refractivity contribution in [2.24, 2.45) is 5.92 Å². The molecule has 0 bridgehead atoms. The summed E-state index contributed by atoms with van der Waals surface area (Å²) in [7, 11) is 0. The smallest absolute Gasteiger partial charge is 0.444 e. The highest BCUT2D eigenvalue weighted by molar-refractivity contribution is 5.68. The number of hydrogen-bond acceptors (Lipinski definition) is 2. The van der Waals surface area contributed by atoms with E-state index in [0.717, 1.165) is 4.90 Å². The van der Waals surface area contributed by atoms with Crippen LogP contribution in [0.1, 0.15) is 27.2 Å². The van der Waals surface area contributed by atoms with Crippen LogP contribution in [0.4, 0.5) is 26.7 Å². The number of likely N-dealkylation sites (tertiary alicyclic amines) is 1. The zero-order valence-electron chi connectivity index (χ0n) is 10.9. The van der Waals surface area contributed by atoms with Crippen molar-refractivity contribution in [2.45, 2.75) is 44.9 Å². The van der Waals surface area contributed by atoms with E-state index in [-0.39, 0.29) is 6.54 Å². The van der Waals surface area contributed by atoms with E-state index in [1.54, 1.807) is 20.8 Å². The highest BCUT2D eigenvalue weighted by Gasteiger charge is 2.63. The zero-order valence-corrected chi connectivity index (χ0v) is 10.9. The maximum absolute atomic E-state index is 13.1. The summed E-state index contributed by atoms with van der Waals surface area (Å²) in [6.07, 6.45) is -6.86. The summed E-state index contributed by atoms with van der Waals surface area (Å²) < 4.78 is 67.7. The van der Waals surface area contributed by atoms with Gasteiger partial charge in [0, 0.05) is 13.1 Å². The number of amides is 1. The predicted octanol–water partition coefficient (Wildman–Crippen LogP) is 3.44. The van der Waals surface area contributed by atoms with Crippen LogP contribution in [0.5, 0.6) is 0 Å². The Balaban J connectivity index is 2.67. The van der Waals surface area contributed by atoms with Crippen LogP contribution in [0.2, 0.25) is 0 Å². The van der Waals surface area contributed by atoms with Crippen molar-refractivity contribution in [1.29, 1.82) is 0 Å². The molecule has 0 aromatic carbocycles. The van der Waals surface area contributed by atoms with E-state index in [1.807, 2.05) is 0 Å². The molecule has 0 aromatic rings. The lowest BCUT2D eigenvalue weighted by molar-refractivity contribution is -0.300. The van der Waals surface area contributed by atoms with Gasteiger partial charge in [-0.15, -0.1) is 0 Å². The molecule has 3 nitrogen and oxygen atoms in total. The van der Waals surface area contributed by atoms with E-state index in [1.165, 1.54) is 0 Å². The molecule has 0 aromatic heterocycles. The minimum absolute atomic E-state index is 0.161. The van der Waals surface area contributed by atoms with Crippen molar-refractivity contribution in [3.05, 3.63) is 0 Å². The summed E-state index contributed by atoms with van der Waals surface area (Å²) in [4.78, 5) is 12.4. The Hall–Kier alpha value is -1.08. The Morgan fingerprint density at radius 3 is 2.11 bits per heavy atom. The maximum atomic E-state index is 13.1. The van der Waals surface area contributed by atoms with Gasteiger partial charge in [0.15, 0.2) is 0 Å². The Kier molecular flexibility index (Phi) is 4.03. The van der Waals surface area contributed by atoms with Crippen LogP contribution in [0.3, 0.4) is 0 Å². The van der Waals surface area contributed by atoms with Crippen molar-refractivity contribution in [3.8, 4) is 0 Å². The lowest BCUT2D eigenvalue weighted by Gasteiger charge is -2.27. The largest absolute Gasteiger partial charge is 0.453 e. The molecule has 0 N–H and O–H groups in total. The number of halogens is 5. The first kappa shape index (κ1) is 16.0. The van der Waals surface area contributed by atoms with E-state index in [4.69, 9.17) is 4.74 Å². The van der Waals surface area contributed by atoms with Crippen molar-refractivity contribution in [1.82, 2.24) is 4.90 Å². The molecule has 1 rings (SSSR count). The summed E-state index contributed by atoms with van der Waals surface area (Å²) in [6.45, 7) is 3.95. The van der Waals surface area contributed by atoms with Gasteiger partial charge in [0.25, 0.3) is 0 Å². The Morgan fingerprint density at radius 2 is 1.68 bits per heavy atom. The Labute approximate surface area is 107 Å². The summed E-state index contributed by atoms with van der Waals surface area (Å²) >= 11 is 0. The van der Waals surface area contributed by atoms with Gasteiger partial charge in [-0.25, -0.2) is 4.79 Å². The lowest BCUT2D eigenvalue weighted by atomic mass is 10.0. The Morgan fingerprint density at radius 1 is 1.16 bits per heavy atom. The summed E-state index contributed by atoms with van der Waals surface area (Å²) in [5, 5.41) is 0. The summed E-state index contributed by atoms with van der Waals surface area (Å²) in [5.74, 6) is -6.70.